The fourth-order valence-electron chi connectivity index (χ4n) is 1.85. The van der Waals surface area contributed by atoms with E-state index < -0.39 is 0 Å². The van der Waals surface area contributed by atoms with Crippen LogP contribution in [0.4, 0.5) is 0 Å². The summed E-state index contributed by atoms with van der Waals surface area (Å²) in [6.45, 7) is 5.48. The van der Waals surface area contributed by atoms with Gasteiger partial charge in [0.2, 0.25) is 5.89 Å². The standard InChI is InChI=1S/C11H19N3O2/c1-11(2,12)7-9-13-10(14-16-9)8-3-5-15-6-4-8/h8H,3-7,12H2,1-2H3. The van der Waals surface area contributed by atoms with Crippen LogP contribution in [0.1, 0.15) is 44.3 Å². The average Bonchev–Trinajstić information content (AvgIpc) is 2.65. The molecule has 1 aliphatic heterocycles. The molecule has 0 aliphatic carbocycles. The minimum absolute atomic E-state index is 0.306. The maximum absolute atomic E-state index is 5.91. The Bertz CT molecular complexity index is 337. The lowest BCUT2D eigenvalue weighted by atomic mass is 9.99. The van der Waals surface area contributed by atoms with Gasteiger partial charge in [0.1, 0.15) is 0 Å². The largest absolute Gasteiger partial charge is 0.381 e. The smallest absolute Gasteiger partial charge is 0.228 e. The van der Waals surface area contributed by atoms with Gasteiger partial charge < -0.3 is 15.0 Å². The highest BCUT2D eigenvalue weighted by Crippen LogP contribution is 2.24. The van der Waals surface area contributed by atoms with Crippen molar-refractivity contribution in [1.82, 2.24) is 10.1 Å². The Morgan fingerprint density at radius 1 is 1.38 bits per heavy atom. The molecule has 1 fully saturated rings. The highest BCUT2D eigenvalue weighted by atomic mass is 16.5. The molecule has 2 N–H and O–H groups in total. The summed E-state index contributed by atoms with van der Waals surface area (Å²) in [4.78, 5) is 4.41. The molecule has 2 heterocycles. The van der Waals surface area contributed by atoms with Gasteiger partial charge in [-0.3, -0.25) is 0 Å². The van der Waals surface area contributed by atoms with E-state index in [1.54, 1.807) is 0 Å². The third-order valence-corrected chi connectivity index (χ3v) is 2.68. The van der Waals surface area contributed by atoms with Gasteiger partial charge in [-0.15, -0.1) is 0 Å². The second-order valence-electron chi connectivity index (χ2n) is 5.10. The van der Waals surface area contributed by atoms with Gasteiger partial charge in [0, 0.05) is 31.1 Å². The van der Waals surface area contributed by atoms with Gasteiger partial charge in [0.25, 0.3) is 0 Å². The number of rotatable bonds is 3. The number of nitrogens with zero attached hydrogens (tertiary/aromatic N) is 2. The molecule has 0 unspecified atom stereocenters. The molecular formula is C11H19N3O2. The third-order valence-electron chi connectivity index (χ3n) is 2.68. The van der Waals surface area contributed by atoms with Crippen LogP contribution in [0.2, 0.25) is 0 Å². The van der Waals surface area contributed by atoms with Crippen LogP contribution in [0.5, 0.6) is 0 Å². The summed E-state index contributed by atoms with van der Waals surface area (Å²) in [5.41, 5.74) is 5.60. The van der Waals surface area contributed by atoms with Gasteiger partial charge in [-0.05, 0) is 26.7 Å². The predicted molar refractivity (Wildman–Crippen MR) is 59.1 cm³/mol. The van der Waals surface area contributed by atoms with Gasteiger partial charge in [0.15, 0.2) is 5.82 Å². The molecule has 0 spiro atoms. The highest BCUT2D eigenvalue weighted by molar-refractivity contribution is 4.98. The van der Waals surface area contributed by atoms with E-state index >= 15 is 0 Å². The maximum atomic E-state index is 5.91. The summed E-state index contributed by atoms with van der Waals surface area (Å²) in [6.07, 6.45) is 2.57. The second kappa shape index (κ2) is 4.51. The summed E-state index contributed by atoms with van der Waals surface area (Å²) < 4.78 is 10.5. The Morgan fingerprint density at radius 2 is 2.06 bits per heavy atom. The summed E-state index contributed by atoms with van der Waals surface area (Å²) in [5.74, 6) is 1.82. The molecule has 0 atom stereocenters. The van der Waals surface area contributed by atoms with Gasteiger partial charge >= 0.3 is 0 Å². The minimum atomic E-state index is -0.306. The van der Waals surface area contributed by atoms with Crippen molar-refractivity contribution in [2.24, 2.45) is 5.73 Å². The van der Waals surface area contributed by atoms with Crippen molar-refractivity contribution in [3.05, 3.63) is 11.7 Å². The van der Waals surface area contributed by atoms with Crippen LogP contribution in [0.15, 0.2) is 4.52 Å². The second-order valence-corrected chi connectivity index (χ2v) is 5.10. The zero-order valence-corrected chi connectivity index (χ0v) is 9.90. The van der Waals surface area contributed by atoms with Crippen LogP contribution in [0.25, 0.3) is 0 Å². The third kappa shape index (κ3) is 3.02. The van der Waals surface area contributed by atoms with E-state index in [-0.39, 0.29) is 5.54 Å². The number of ether oxygens (including phenoxy) is 1. The van der Waals surface area contributed by atoms with Crippen LogP contribution in [-0.2, 0) is 11.2 Å². The van der Waals surface area contributed by atoms with Crippen LogP contribution < -0.4 is 5.73 Å². The molecule has 0 bridgehead atoms. The Labute approximate surface area is 95.3 Å². The number of hydrogen-bond acceptors (Lipinski definition) is 5. The molecule has 90 valence electrons. The molecule has 1 aliphatic rings. The highest BCUT2D eigenvalue weighted by Gasteiger charge is 2.23. The molecule has 0 saturated carbocycles. The number of nitrogens with two attached hydrogens (primary N) is 1. The van der Waals surface area contributed by atoms with Crippen LogP contribution >= 0.6 is 0 Å². The van der Waals surface area contributed by atoms with E-state index in [2.05, 4.69) is 10.1 Å². The zero-order valence-electron chi connectivity index (χ0n) is 9.90. The SMILES string of the molecule is CC(C)(N)Cc1nc(C2CCOCC2)no1. The molecule has 0 radical (unpaired) electrons. The van der Waals surface area contributed by atoms with Crippen molar-refractivity contribution in [1.29, 1.82) is 0 Å². The van der Waals surface area contributed by atoms with Crippen LogP contribution in [0.3, 0.4) is 0 Å². The molecule has 5 heteroatoms. The Kier molecular flexibility index (Phi) is 3.25. The van der Waals surface area contributed by atoms with E-state index in [1.807, 2.05) is 13.8 Å². The van der Waals surface area contributed by atoms with Crippen molar-refractivity contribution in [2.75, 3.05) is 13.2 Å². The van der Waals surface area contributed by atoms with Crippen molar-refractivity contribution >= 4 is 0 Å². The van der Waals surface area contributed by atoms with Crippen molar-refractivity contribution in [2.45, 2.75) is 44.6 Å². The van der Waals surface area contributed by atoms with E-state index in [1.165, 1.54) is 0 Å². The average molecular weight is 225 g/mol. The van der Waals surface area contributed by atoms with Crippen LogP contribution in [-0.4, -0.2) is 28.9 Å². The van der Waals surface area contributed by atoms with Crippen molar-refractivity contribution in [3.8, 4) is 0 Å². The Hall–Kier alpha value is -0.940. The molecule has 16 heavy (non-hydrogen) atoms. The molecule has 0 amide bonds. The predicted octanol–water partition coefficient (Wildman–Crippen LogP) is 1.24. The molecule has 0 aromatic carbocycles. The lowest BCUT2D eigenvalue weighted by Crippen LogP contribution is -2.34. The molecule has 2 rings (SSSR count). The maximum Gasteiger partial charge on any atom is 0.228 e. The number of hydrogen-bond donors (Lipinski definition) is 1. The van der Waals surface area contributed by atoms with Gasteiger partial charge in [-0.2, -0.15) is 4.98 Å². The van der Waals surface area contributed by atoms with E-state index in [9.17, 15) is 0 Å². The van der Waals surface area contributed by atoms with Crippen molar-refractivity contribution in [3.63, 3.8) is 0 Å². The quantitative estimate of drug-likeness (QED) is 0.837. The van der Waals surface area contributed by atoms with Crippen molar-refractivity contribution < 1.29 is 9.26 Å². The Morgan fingerprint density at radius 3 is 2.69 bits per heavy atom. The van der Waals surface area contributed by atoms with E-state index in [0.717, 1.165) is 31.9 Å². The van der Waals surface area contributed by atoms with Gasteiger partial charge in [-0.1, -0.05) is 5.16 Å². The first-order chi connectivity index (χ1) is 7.54. The lowest BCUT2D eigenvalue weighted by Gasteiger charge is -2.18. The normalized spacial score (nSPS) is 18.9. The first-order valence-electron chi connectivity index (χ1n) is 5.74. The van der Waals surface area contributed by atoms with Crippen LogP contribution in [0, 0.1) is 0 Å². The van der Waals surface area contributed by atoms with Gasteiger partial charge in [0.05, 0.1) is 0 Å². The molecule has 1 aromatic rings. The first-order valence-corrected chi connectivity index (χ1v) is 5.74. The summed E-state index contributed by atoms with van der Waals surface area (Å²) in [7, 11) is 0. The summed E-state index contributed by atoms with van der Waals surface area (Å²) in [6, 6.07) is 0. The molecule has 5 nitrogen and oxygen atoms in total. The minimum Gasteiger partial charge on any atom is -0.381 e. The van der Waals surface area contributed by atoms with E-state index in [4.69, 9.17) is 15.0 Å². The first kappa shape index (κ1) is 11.5. The van der Waals surface area contributed by atoms with E-state index in [0.29, 0.717) is 18.2 Å². The topological polar surface area (TPSA) is 74.2 Å². The monoisotopic (exact) mass is 225 g/mol. The fraction of sp³-hybridized carbons (Fsp3) is 0.818. The molecular weight excluding hydrogens is 206 g/mol. The lowest BCUT2D eigenvalue weighted by molar-refractivity contribution is 0.0830. The summed E-state index contributed by atoms with van der Waals surface area (Å²) >= 11 is 0. The summed E-state index contributed by atoms with van der Waals surface area (Å²) in [5, 5.41) is 4.03. The van der Waals surface area contributed by atoms with Gasteiger partial charge in [-0.25, -0.2) is 0 Å². The molecule has 1 saturated heterocycles. The Balaban J connectivity index is 2.01. The molecule has 1 aromatic heterocycles. The zero-order chi connectivity index (χ0) is 11.6. The number of aromatic nitrogens is 2. The fourth-order valence-corrected chi connectivity index (χ4v) is 1.85.